The third-order valence-electron chi connectivity index (χ3n) is 4.95. The van der Waals surface area contributed by atoms with Gasteiger partial charge in [0.25, 0.3) is 0 Å². The van der Waals surface area contributed by atoms with Crippen LogP contribution in [-0.2, 0) is 0 Å². The molecule has 2 atom stereocenters. The van der Waals surface area contributed by atoms with Crippen molar-refractivity contribution in [2.45, 2.75) is 25.3 Å². The van der Waals surface area contributed by atoms with Crippen LogP contribution in [0.3, 0.4) is 0 Å². The quantitative estimate of drug-likeness (QED) is 0.652. The molecule has 4 nitrogen and oxygen atoms in total. The number of likely N-dealkylation sites (tertiary alicyclic amines) is 1. The number of rotatable bonds is 2. The van der Waals surface area contributed by atoms with Crippen molar-refractivity contribution >= 4 is 23.1 Å². The second-order valence-corrected chi connectivity index (χ2v) is 6.67. The van der Waals surface area contributed by atoms with Gasteiger partial charge in [0.2, 0.25) is 0 Å². The highest BCUT2D eigenvalue weighted by Crippen LogP contribution is 2.35. The van der Waals surface area contributed by atoms with Crippen molar-refractivity contribution in [3.63, 3.8) is 0 Å². The number of hydrogen-bond donors (Lipinski definition) is 2. The smallest absolute Gasteiger partial charge is 0.122 e. The van der Waals surface area contributed by atoms with E-state index in [0.29, 0.717) is 10.6 Å². The molecule has 2 unspecified atom stereocenters. The maximum Gasteiger partial charge on any atom is 0.122 e. The molecule has 0 saturated carbocycles. The first-order valence-electron chi connectivity index (χ1n) is 7.65. The van der Waals surface area contributed by atoms with Gasteiger partial charge in [0.1, 0.15) is 5.84 Å². The Labute approximate surface area is 131 Å². The Kier molecular flexibility index (Phi) is 4.09. The minimum atomic E-state index is 0.0658. The lowest BCUT2D eigenvalue weighted by Gasteiger charge is -2.46. The molecule has 1 aromatic carbocycles. The lowest BCUT2D eigenvalue weighted by Crippen LogP contribution is -2.52. The van der Waals surface area contributed by atoms with Gasteiger partial charge < -0.3 is 15.5 Å². The minimum absolute atomic E-state index is 0.0658. The topological polar surface area (TPSA) is 56.4 Å². The second-order valence-electron chi connectivity index (χ2n) is 6.26. The van der Waals surface area contributed by atoms with Gasteiger partial charge in [0, 0.05) is 24.7 Å². The summed E-state index contributed by atoms with van der Waals surface area (Å²) in [5.41, 5.74) is 7.29. The Morgan fingerprint density at radius 2 is 2.14 bits per heavy atom. The van der Waals surface area contributed by atoms with Crippen molar-refractivity contribution in [1.82, 2.24) is 4.90 Å². The summed E-state index contributed by atoms with van der Waals surface area (Å²) in [4.78, 5) is 4.92. The van der Waals surface area contributed by atoms with E-state index in [9.17, 15) is 0 Å². The third-order valence-corrected chi connectivity index (χ3v) is 5.25. The summed E-state index contributed by atoms with van der Waals surface area (Å²) in [7, 11) is 2.25. The van der Waals surface area contributed by atoms with E-state index in [1.807, 2.05) is 12.1 Å². The summed E-state index contributed by atoms with van der Waals surface area (Å²) < 4.78 is 0. The summed E-state index contributed by atoms with van der Waals surface area (Å²) >= 11 is 6.41. The van der Waals surface area contributed by atoms with Gasteiger partial charge in [-0.15, -0.1) is 0 Å². The van der Waals surface area contributed by atoms with Crippen LogP contribution in [0.4, 0.5) is 5.69 Å². The van der Waals surface area contributed by atoms with E-state index in [1.54, 1.807) is 6.07 Å². The number of fused-ring (bicyclic) bond motifs is 1. The molecule has 3 N–H and O–H groups in total. The van der Waals surface area contributed by atoms with Crippen molar-refractivity contribution in [3.8, 4) is 0 Å². The molecule has 3 rings (SSSR count). The molecule has 5 heteroatoms. The zero-order chi connectivity index (χ0) is 15.0. The van der Waals surface area contributed by atoms with Crippen LogP contribution in [-0.4, -0.2) is 43.5 Å². The number of benzene rings is 1. The largest absolute Gasteiger partial charge is 0.384 e. The lowest BCUT2D eigenvalue weighted by molar-refractivity contribution is 0.102. The standard InChI is InChI=1S/C16H23ClN4/c1-20-7-2-3-12-10-21(8-6-14(12)20)15-5-4-11(16(18)19)9-13(15)17/h4-5,9,12,14H,2-3,6-8,10H2,1H3,(H3,18,19). The first-order valence-corrected chi connectivity index (χ1v) is 8.03. The lowest BCUT2D eigenvalue weighted by atomic mass is 9.84. The molecule has 2 heterocycles. The SMILES string of the molecule is CN1CCCC2CN(c3ccc(C(=N)N)cc3Cl)CCC21. The zero-order valence-electron chi connectivity index (χ0n) is 12.5. The Hall–Kier alpha value is -1.26. The summed E-state index contributed by atoms with van der Waals surface area (Å²) in [6, 6.07) is 6.43. The summed E-state index contributed by atoms with van der Waals surface area (Å²) in [6.07, 6.45) is 3.81. The number of amidine groups is 1. The third kappa shape index (κ3) is 2.87. The molecule has 0 aromatic heterocycles. The summed E-state index contributed by atoms with van der Waals surface area (Å²) in [5.74, 6) is 0.803. The number of nitrogen functional groups attached to an aromatic ring is 1. The number of hydrogen-bond acceptors (Lipinski definition) is 3. The molecule has 0 aliphatic carbocycles. The fourth-order valence-corrected chi connectivity index (χ4v) is 4.10. The highest BCUT2D eigenvalue weighted by molar-refractivity contribution is 6.33. The number of anilines is 1. The van der Waals surface area contributed by atoms with E-state index in [0.717, 1.165) is 30.7 Å². The van der Waals surface area contributed by atoms with Gasteiger partial charge in [-0.05, 0) is 57.0 Å². The van der Waals surface area contributed by atoms with Crippen molar-refractivity contribution < 1.29 is 0 Å². The normalized spacial score (nSPS) is 26.5. The predicted molar refractivity (Wildman–Crippen MR) is 88.4 cm³/mol. The van der Waals surface area contributed by atoms with Crippen LogP contribution >= 0.6 is 11.6 Å². The average molecular weight is 307 g/mol. The van der Waals surface area contributed by atoms with Gasteiger partial charge in [-0.25, -0.2) is 0 Å². The van der Waals surface area contributed by atoms with Gasteiger partial charge in [0.05, 0.1) is 10.7 Å². The number of nitrogens with one attached hydrogen (secondary N) is 1. The first-order chi connectivity index (χ1) is 10.1. The highest BCUT2D eigenvalue weighted by atomic mass is 35.5. The van der Waals surface area contributed by atoms with E-state index in [1.165, 1.54) is 25.8 Å². The van der Waals surface area contributed by atoms with Gasteiger partial charge in [-0.2, -0.15) is 0 Å². The van der Waals surface area contributed by atoms with E-state index < -0.39 is 0 Å². The molecule has 0 spiro atoms. The van der Waals surface area contributed by atoms with E-state index in [2.05, 4.69) is 16.8 Å². The van der Waals surface area contributed by atoms with E-state index >= 15 is 0 Å². The van der Waals surface area contributed by atoms with E-state index in [4.69, 9.17) is 22.7 Å². The molecule has 0 amide bonds. The van der Waals surface area contributed by atoms with E-state index in [-0.39, 0.29) is 5.84 Å². The van der Waals surface area contributed by atoms with Crippen LogP contribution < -0.4 is 10.6 Å². The molecule has 2 saturated heterocycles. The number of nitrogens with zero attached hydrogens (tertiary/aromatic N) is 2. The fourth-order valence-electron chi connectivity index (χ4n) is 3.80. The average Bonchev–Trinajstić information content (AvgIpc) is 2.47. The zero-order valence-corrected chi connectivity index (χ0v) is 13.2. The molecular formula is C16H23ClN4. The van der Waals surface area contributed by atoms with Crippen LogP contribution in [0.25, 0.3) is 0 Å². The Bertz CT molecular complexity index is 545. The van der Waals surface area contributed by atoms with Gasteiger partial charge >= 0.3 is 0 Å². The Morgan fingerprint density at radius 3 is 2.86 bits per heavy atom. The van der Waals surface area contributed by atoms with Crippen molar-refractivity contribution in [2.75, 3.05) is 31.6 Å². The maximum absolute atomic E-state index is 7.49. The van der Waals surface area contributed by atoms with Crippen molar-refractivity contribution in [1.29, 1.82) is 5.41 Å². The molecule has 21 heavy (non-hydrogen) atoms. The molecule has 0 radical (unpaired) electrons. The van der Waals surface area contributed by atoms with Crippen LogP contribution in [0, 0.1) is 11.3 Å². The van der Waals surface area contributed by atoms with Gasteiger partial charge in [0.15, 0.2) is 0 Å². The molecule has 0 bridgehead atoms. The van der Waals surface area contributed by atoms with Crippen LogP contribution in [0.1, 0.15) is 24.8 Å². The van der Waals surface area contributed by atoms with Crippen molar-refractivity contribution in [3.05, 3.63) is 28.8 Å². The molecule has 1 aromatic rings. The Morgan fingerprint density at radius 1 is 1.33 bits per heavy atom. The number of piperidine rings is 2. The second kappa shape index (κ2) is 5.85. The van der Waals surface area contributed by atoms with Gasteiger partial charge in [-0.1, -0.05) is 11.6 Å². The highest BCUT2D eigenvalue weighted by Gasteiger charge is 2.34. The monoisotopic (exact) mass is 306 g/mol. The summed E-state index contributed by atoms with van der Waals surface area (Å²) in [6.45, 7) is 3.36. The maximum atomic E-state index is 7.49. The van der Waals surface area contributed by atoms with Crippen LogP contribution in [0.2, 0.25) is 5.02 Å². The van der Waals surface area contributed by atoms with Crippen LogP contribution in [0.5, 0.6) is 0 Å². The number of halogens is 1. The first kappa shape index (κ1) is 14.7. The fraction of sp³-hybridized carbons (Fsp3) is 0.562. The van der Waals surface area contributed by atoms with Gasteiger partial charge in [-0.3, -0.25) is 5.41 Å². The molecule has 114 valence electrons. The molecule has 2 aliphatic rings. The molecule has 2 aliphatic heterocycles. The Balaban J connectivity index is 1.78. The summed E-state index contributed by atoms with van der Waals surface area (Å²) in [5, 5.41) is 8.19. The number of nitrogens with two attached hydrogens (primary N) is 1. The van der Waals surface area contributed by atoms with Crippen LogP contribution in [0.15, 0.2) is 18.2 Å². The minimum Gasteiger partial charge on any atom is -0.384 e. The predicted octanol–water partition coefficient (Wildman–Crippen LogP) is 2.54. The van der Waals surface area contributed by atoms with Crippen molar-refractivity contribution in [2.24, 2.45) is 11.7 Å². The molecule has 2 fully saturated rings. The molecular weight excluding hydrogens is 284 g/mol.